The van der Waals surface area contributed by atoms with Crippen molar-refractivity contribution in [3.8, 4) is 0 Å². The van der Waals surface area contributed by atoms with Crippen LogP contribution in [0.3, 0.4) is 0 Å². The van der Waals surface area contributed by atoms with Gasteiger partial charge in [0.2, 0.25) is 0 Å². The number of carbonyl (C=O) groups excluding carboxylic acids is 2. The first kappa shape index (κ1) is 27.2. The van der Waals surface area contributed by atoms with Gasteiger partial charge in [0, 0.05) is 41.9 Å². The quantitative estimate of drug-likeness (QED) is 0.282. The highest BCUT2D eigenvalue weighted by Gasteiger charge is 2.33. The lowest BCUT2D eigenvalue weighted by Gasteiger charge is -2.41. The monoisotopic (exact) mass is 583 g/mol. The normalized spacial score (nSPS) is 18.5. The highest BCUT2D eigenvalue weighted by Crippen LogP contribution is 2.36. The van der Waals surface area contributed by atoms with Crippen LogP contribution in [-0.2, 0) is 17.3 Å². The molecule has 8 heteroatoms. The molecule has 0 unspecified atom stereocenters. The van der Waals surface area contributed by atoms with Gasteiger partial charge in [0.05, 0.1) is 38.4 Å². The topological polar surface area (TPSA) is 60.9 Å². The maximum atomic E-state index is 13.9. The van der Waals surface area contributed by atoms with Crippen molar-refractivity contribution >= 4 is 45.6 Å². The maximum absolute atomic E-state index is 13.9. The smallest absolute Gasteiger partial charge is 0.259 e. The average Bonchev–Trinajstić information content (AvgIpc) is 3.07. The zero-order chi connectivity index (χ0) is 28.7. The molecule has 2 amide bonds. The van der Waals surface area contributed by atoms with Gasteiger partial charge in [-0.15, -0.1) is 0 Å². The van der Waals surface area contributed by atoms with Crippen LogP contribution < -0.4 is 9.80 Å². The Balaban J connectivity index is 1.33. The van der Waals surface area contributed by atoms with E-state index < -0.39 is 10.8 Å². The second-order valence-corrected chi connectivity index (χ2v) is 12.5. The van der Waals surface area contributed by atoms with Crippen LogP contribution in [0.25, 0.3) is 0 Å². The van der Waals surface area contributed by atoms with Gasteiger partial charge in [0.15, 0.2) is 0 Å². The minimum atomic E-state index is -1.59. The Bertz CT molecular complexity index is 1670. The van der Waals surface area contributed by atoms with E-state index in [-0.39, 0.29) is 24.4 Å². The van der Waals surface area contributed by atoms with E-state index in [1.807, 2.05) is 17.0 Å². The number of carbonyl (C=O) groups is 2. The third-order valence-corrected chi connectivity index (χ3v) is 9.51. The molecule has 6 nitrogen and oxygen atoms in total. The number of anilines is 2. The minimum Gasteiger partial charge on any atom is -0.365 e. The first-order valence-corrected chi connectivity index (χ1v) is 15.2. The van der Waals surface area contributed by atoms with Crippen LogP contribution >= 0.6 is 11.6 Å². The van der Waals surface area contributed by atoms with Gasteiger partial charge in [-0.1, -0.05) is 48.0 Å². The van der Waals surface area contributed by atoms with Crippen molar-refractivity contribution in [1.82, 2.24) is 4.90 Å². The molecule has 4 aromatic rings. The molecule has 0 aromatic heterocycles. The molecule has 4 aromatic carbocycles. The van der Waals surface area contributed by atoms with Crippen molar-refractivity contribution in [2.24, 2.45) is 0 Å². The number of hydrogen-bond donors (Lipinski definition) is 0. The molecular weight excluding hydrogens is 554 g/mol. The molecule has 2 heterocycles. The molecule has 6 rings (SSSR count). The molecule has 0 N–H and O–H groups in total. The molecule has 0 bridgehead atoms. The van der Waals surface area contributed by atoms with Gasteiger partial charge >= 0.3 is 0 Å². The lowest BCUT2D eigenvalue weighted by atomic mass is 10.1. The fraction of sp³-hybridized carbons (Fsp3) is 0.212. The predicted octanol–water partition coefficient (Wildman–Crippen LogP) is 6.33. The molecule has 2 atom stereocenters. The molecule has 0 saturated carbocycles. The Hall–Kier alpha value is -3.94. The second-order valence-electron chi connectivity index (χ2n) is 10.6. The van der Waals surface area contributed by atoms with Gasteiger partial charge < -0.3 is 14.7 Å². The number of fused-ring (bicyclic) bond motifs is 2. The molecule has 0 spiro atoms. The van der Waals surface area contributed by atoms with E-state index in [9.17, 15) is 13.8 Å². The standard InChI is InChI=1S/C33H30ClN3O3S/c1-22-6-5-7-27(18-22)36-17-16-35(20-23(36)2)32(38)25-12-15-31-29(19-25)37(21-24-10-13-26(34)14-11-24)33(39)28-8-3-4-9-30(28)41(31)40/h3-15,18-19,23H,16-17,20-21H2,1-2H3/t23-,41-/m1/s1. The van der Waals surface area contributed by atoms with Crippen LogP contribution in [0, 0.1) is 6.92 Å². The molecule has 0 radical (unpaired) electrons. The largest absolute Gasteiger partial charge is 0.365 e. The number of aryl methyl sites for hydroxylation is 1. The van der Waals surface area contributed by atoms with E-state index in [0.29, 0.717) is 44.7 Å². The number of nitrogens with zero attached hydrogens (tertiary/aromatic N) is 3. The molecule has 208 valence electrons. The summed E-state index contributed by atoms with van der Waals surface area (Å²) in [5.74, 6) is -0.359. The summed E-state index contributed by atoms with van der Waals surface area (Å²) >= 11 is 6.10. The number of piperazine rings is 1. The number of rotatable bonds is 4. The van der Waals surface area contributed by atoms with Crippen molar-refractivity contribution in [2.45, 2.75) is 36.2 Å². The average molecular weight is 584 g/mol. The van der Waals surface area contributed by atoms with E-state index in [0.717, 1.165) is 17.8 Å². The van der Waals surface area contributed by atoms with E-state index in [4.69, 9.17) is 11.6 Å². The summed E-state index contributed by atoms with van der Waals surface area (Å²) in [6.45, 7) is 6.35. The lowest BCUT2D eigenvalue weighted by Crippen LogP contribution is -2.53. The van der Waals surface area contributed by atoms with Gasteiger partial charge in [-0.25, -0.2) is 4.21 Å². The van der Waals surface area contributed by atoms with Crippen LogP contribution in [0.5, 0.6) is 0 Å². The van der Waals surface area contributed by atoms with Crippen molar-refractivity contribution in [3.63, 3.8) is 0 Å². The van der Waals surface area contributed by atoms with Crippen LogP contribution in [0.4, 0.5) is 11.4 Å². The van der Waals surface area contributed by atoms with Crippen molar-refractivity contribution < 1.29 is 13.8 Å². The summed E-state index contributed by atoms with van der Waals surface area (Å²) in [7, 11) is -1.59. The van der Waals surface area contributed by atoms with Crippen LogP contribution in [0.2, 0.25) is 5.02 Å². The Morgan fingerprint density at radius 2 is 1.71 bits per heavy atom. The molecule has 41 heavy (non-hydrogen) atoms. The Labute approximate surface area is 247 Å². The van der Waals surface area contributed by atoms with Crippen molar-refractivity contribution in [1.29, 1.82) is 0 Å². The first-order chi connectivity index (χ1) is 19.8. The Morgan fingerprint density at radius 1 is 0.927 bits per heavy atom. The third kappa shape index (κ3) is 5.27. The lowest BCUT2D eigenvalue weighted by molar-refractivity contribution is 0.0726. The third-order valence-electron chi connectivity index (χ3n) is 7.76. The van der Waals surface area contributed by atoms with Crippen molar-refractivity contribution in [3.05, 3.63) is 118 Å². The maximum Gasteiger partial charge on any atom is 0.259 e. The van der Waals surface area contributed by atoms with Gasteiger partial charge in [-0.05, 0) is 79.6 Å². The SMILES string of the molecule is Cc1cccc(N2CCN(C(=O)c3ccc4c(c3)N(Cc3ccc(Cl)cc3)C(=O)c3ccccc3[S@]4=O)C[C@H]2C)c1. The Kier molecular flexibility index (Phi) is 7.41. The van der Waals surface area contributed by atoms with Crippen LogP contribution in [-0.4, -0.2) is 46.6 Å². The number of amides is 2. The summed E-state index contributed by atoms with van der Waals surface area (Å²) in [5, 5.41) is 0.604. The van der Waals surface area contributed by atoms with Crippen molar-refractivity contribution in [2.75, 3.05) is 29.4 Å². The van der Waals surface area contributed by atoms with Gasteiger partial charge in [-0.2, -0.15) is 0 Å². The summed E-state index contributed by atoms with van der Waals surface area (Å²) in [5.41, 5.74) is 4.58. The zero-order valence-electron chi connectivity index (χ0n) is 22.9. The molecule has 2 aliphatic rings. The fourth-order valence-electron chi connectivity index (χ4n) is 5.64. The number of benzene rings is 4. The zero-order valence-corrected chi connectivity index (χ0v) is 24.5. The summed E-state index contributed by atoms with van der Waals surface area (Å²) in [6, 6.07) is 28.0. The highest BCUT2D eigenvalue weighted by atomic mass is 35.5. The van der Waals surface area contributed by atoms with Gasteiger partial charge in [0.1, 0.15) is 0 Å². The van der Waals surface area contributed by atoms with Gasteiger partial charge in [0.25, 0.3) is 11.8 Å². The molecule has 1 fully saturated rings. The molecule has 0 aliphatic carbocycles. The molecular formula is C33H30ClN3O3S. The number of halogens is 1. The van der Waals surface area contributed by atoms with Gasteiger partial charge in [-0.3, -0.25) is 9.59 Å². The minimum absolute atomic E-state index is 0.102. The Morgan fingerprint density at radius 3 is 2.46 bits per heavy atom. The fourth-order valence-corrected chi connectivity index (χ4v) is 7.11. The van der Waals surface area contributed by atoms with Crippen LogP contribution in [0.15, 0.2) is 101 Å². The summed E-state index contributed by atoms with van der Waals surface area (Å²) in [6.07, 6.45) is 0. The summed E-state index contributed by atoms with van der Waals surface area (Å²) < 4.78 is 13.8. The molecule has 2 aliphatic heterocycles. The van der Waals surface area contributed by atoms with E-state index in [1.54, 1.807) is 59.5 Å². The number of hydrogen-bond acceptors (Lipinski definition) is 4. The highest BCUT2D eigenvalue weighted by molar-refractivity contribution is 7.85. The second kappa shape index (κ2) is 11.1. The molecule has 1 saturated heterocycles. The van der Waals surface area contributed by atoms with E-state index in [2.05, 4.69) is 43.0 Å². The first-order valence-electron chi connectivity index (χ1n) is 13.6. The van der Waals surface area contributed by atoms with Crippen LogP contribution in [0.1, 0.15) is 38.8 Å². The summed E-state index contributed by atoms with van der Waals surface area (Å²) in [4.78, 5) is 34.5. The van der Waals surface area contributed by atoms with E-state index in [1.165, 1.54) is 5.56 Å². The van der Waals surface area contributed by atoms with E-state index >= 15 is 0 Å². The predicted molar refractivity (Wildman–Crippen MR) is 163 cm³/mol.